The molecule has 0 aromatic carbocycles. The third-order valence-electron chi connectivity index (χ3n) is 3.70. The molecule has 0 bridgehead atoms. The zero-order valence-electron chi connectivity index (χ0n) is 13.3. The Balaban J connectivity index is 1.72. The number of hydrogen-bond donors (Lipinski definition) is 1. The van der Waals surface area contributed by atoms with E-state index < -0.39 is 15.7 Å². The maximum Gasteiger partial charge on any atom is 0.287 e. The van der Waals surface area contributed by atoms with Crippen LogP contribution in [0.4, 0.5) is 0 Å². The molecule has 1 N–H and O–H groups in total. The second-order valence-electron chi connectivity index (χ2n) is 5.64. The highest BCUT2D eigenvalue weighted by Crippen LogP contribution is 2.13. The topological polar surface area (TPSA) is 99.9 Å². The highest BCUT2D eigenvalue weighted by atomic mass is 79.9. The van der Waals surface area contributed by atoms with Gasteiger partial charge in [-0.25, -0.2) is 8.42 Å². The van der Waals surface area contributed by atoms with Gasteiger partial charge in [0.1, 0.15) is 9.84 Å². The minimum Gasteiger partial charge on any atom is -0.444 e. The number of carbonyl (C=O) groups excluding carboxylic acids is 2. The highest BCUT2D eigenvalue weighted by molar-refractivity contribution is 9.10. The average Bonchev–Trinajstić information content (AvgIpc) is 2.96. The second kappa shape index (κ2) is 8.13. The number of sulfone groups is 1. The van der Waals surface area contributed by atoms with Crippen LogP contribution in [0.1, 0.15) is 10.6 Å². The summed E-state index contributed by atoms with van der Waals surface area (Å²) in [6.45, 7) is 2.67. The standard InChI is InChI=1S/C14H20BrN3O5S/c1-24(21,22)9-8-17-4-6-18(7-5-17)13(19)10-16-14(20)11-2-3-12(15)23-11/h2-3H,4-10H2,1H3,(H,16,20). The van der Waals surface area contributed by atoms with Crippen LogP contribution in [0.15, 0.2) is 21.2 Å². The Morgan fingerprint density at radius 3 is 2.46 bits per heavy atom. The van der Waals surface area contributed by atoms with Gasteiger partial charge in [-0.05, 0) is 28.1 Å². The van der Waals surface area contributed by atoms with Crippen LogP contribution < -0.4 is 5.32 Å². The molecule has 0 spiro atoms. The van der Waals surface area contributed by atoms with Crippen LogP contribution in [0.2, 0.25) is 0 Å². The van der Waals surface area contributed by atoms with Gasteiger partial charge in [0.2, 0.25) is 5.91 Å². The van der Waals surface area contributed by atoms with Crippen molar-refractivity contribution in [1.82, 2.24) is 15.1 Å². The Morgan fingerprint density at radius 1 is 1.25 bits per heavy atom. The first-order valence-electron chi connectivity index (χ1n) is 7.46. The van der Waals surface area contributed by atoms with E-state index in [-0.39, 0.29) is 24.0 Å². The molecular weight excluding hydrogens is 402 g/mol. The Hall–Kier alpha value is -1.39. The molecule has 0 unspecified atom stereocenters. The van der Waals surface area contributed by atoms with Gasteiger partial charge in [0, 0.05) is 39.0 Å². The summed E-state index contributed by atoms with van der Waals surface area (Å²) in [5, 5.41) is 2.53. The van der Waals surface area contributed by atoms with Gasteiger partial charge in [0.25, 0.3) is 5.91 Å². The molecule has 1 aliphatic rings. The summed E-state index contributed by atoms with van der Waals surface area (Å²) in [5.41, 5.74) is 0. The molecule has 24 heavy (non-hydrogen) atoms. The van der Waals surface area contributed by atoms with E-state index in [1.165, 1.54) is 12.3 Å². The number of amides is 2. The van der Waals surface area contributed by atoms with Crippen molar-refractivity contribution in [2.24, 2.45) is 0 Å². The van der Waals surface area contributed by atoms with Gasteiger partial charge in [-0.1, -0.05) is 0 Å². The van der Waals surface area contributed by atoms with Crippen molar-refractivity contribution in [3.63, 3.8) is 0 Å². The van der Waals surface area contributed by atoms with Crippen molar-refractivity contribution < 1.29 is 22.4 Å². The van der Waals surface area contributed by atoms with E-state index in [4.69, 9.17) is 4.42 Å². The molecule has 0 radical (unpaired) electrons. The van der Waals surface area contributed by atoms with E-state index in [0.29, 0.717) is 37.4 Å². The molecule has 134 valence electrons. The molecule has 1 aliphatic heterocycles. The van der Waals surface area contributed by atoms with Gasteiger partial charge in [-0.15, -0.1) is 0 Å². The zero-order chi connectivity index (χ0) is 17.7. The van der Waals surface area contributed by atoms with Gasteiger partial charge in [0.05, 0.1) is 12.3 Å². The molecule has 10 heteroatoms. The minimum atomic E-state index is -2.98. The van der Waals surface area contributed by atoms with Crippen LogP contribution in [0.5, 0.6) is 0 Å². The van der Waals surface area contributed by atoms with E-state index in [9.17, 15) is 18.0 Å². The molecule has 1 aromatic heterocycles. The second-order valence-corrected chi connectivity index (χ2v) is 8.68. The lowest BCUT2D eigenvalue weighted by Gasteiger charge is -2.34. The first-order valence-corrected chi connectivity index (χ1v) is 10.3. The lowest BCUT2D eigenvalue weighted by Crippen LogP contribution is -2.51. The lowest BCUT2D eigenvalue weighted by atomic mass is 10.3. The summed E-state index contributed by atoms with van der Waals surface area (Å²) < 4.78 is 27.9. The fraction of sp³-hybridized carbons (Fsp3) is 0.571. The van der Waals surface area contributed by atoms with Crippen LogP contribution >= 0.6 is 15.9 Å². The fourth-order valence-electron chi connectivity index (χ4n) is 2.31. The third-order valence-corrected chi connectivity index (χ3v) is 5.05. The number of nitrogens with one attached hydrogen (secondary N) is 1. The van der Waals surface area contributed by atoms with E-state index >= 15 is 0 Å². The zero-order valence-corrected chi connectivity index (χ0v) is 15.7. The number of piperazine rings is 1. The van der Waals surface area contributed by atoms with Crippen molar-refractivity contribution >= 4 is 37.6 Å². The summed E-state index contributed by atoms with van der Waals surface area (Å²) in [7, 11) is -2.98. The van der Waals surface area contributed by atoms with Crippen molar-refractivity contribution in [2.45, 2.75) is 0 Å². The van der Waals surface area contributed by atoms with Gasteiger partial charge in [0.15, 0.2) is 10.4 Å². The van der Waals surface area contributed by atoms with Gasteiger partial charge < -0.3 is 14.6 Å². The Morgan fingerprint density at radius 2 is 1.92 bits per heavy atom. The molecular formula is C14H20BrN3O5S. The number of carbonyl (C=O) groups is 2. The summed E-state index contributed by atoms with van der Waals surface area (Å²) >= 11 is 3.11. The SMILES string of the molecule is CS(=O)(=O)CCN1CCN(C(=O)CNC(=O)c2ccc(Br)o2)CC1. The van der Waals surface area contributed by atoms with Crippen molar-refractivity contribution in [2.75, 3.05) is 51.3 Å². The molecule has 2 heterocycles. The minimum absolute atomic E-state index is 0.0967. The molecule has 8 nitrogen and oxygen atoms in total. The molecule has 0 atom stereocenters. The third kappa shape index (κ3) is 5.91. The van der Waals surface area contributed by atoms with Crippen LogP contribution in [0, 0.1) is 0 Å². The Kier molecular flexibility index (Phi) is 6.41. The lowest BCUT2D eigenvalue weighted by molar-refractivity contribution is -0.131. The highest BCUT2D eigenvalue weighted by Gasteiger charge is 2.22. The molecule has 0 aliphatic carbocycles. The van der Waals surface area contributed by atoms with Crippen LogP contribution in [0.25, 0.3) is 0 Å². The monoisotopic (exact) mass is 421 g/mol. The van der Waals surface area contributed by atoms with Crippen molar-refractivity contribution in [3.05, 3.63) is 22.6 Å². The number of halogens is 1. The van der Waals surface area contributed by atoms with E-state index in [2.05, 4.69) is 21.2 Å². The maximum absolute atomic E-state index is 12.1. The number of hydrogen-bond acceptors (Lipinski definition) is 6. The molecule has 2 amide bonds. The molecule has 1 fully saturated rings. The summed E-state index contributed by atoms with van der Waals surface area (Å²) in [5.74, 6) is -0.353. The number of rotatable bonds is 6. The smallest absolute Gasteiger partial charge is 0.287 e. The van der Waals surface area contributed by atoms with Crippen molar-refractivity contribution in [1.29, 1.82) is 0 Å². The number of nitrogens with zero attached hydrogens (tertiary/aromatic N) is 2. The van der Waals surface area contributed by atoms with Gasteiger partial charge in [-0.2, -0.15) is 0 Å². The average molecular weight is 422 g/mol. The van der Waals surface area contributed by atoms with E-state index in [1.807, 2.05) is 4.90 Å². The first-order chi connectivity index (χ1) is 11.2. The van der Waals surface area contributed by atoms with Crippen LogP contribution in [-0.4, -0.2) is 81.3 Å². The predicted molar refractivity (Wildman–Crippen MR) is 91.5 cm³/mol. The predicted octanol–water partition coefficient (Wildman–Crippen LogP) is -0.0393. The van der Waals surface area contributed by atoms with Crippen LogP contribution in [0.3, 0.4) is 0 Å². The van der Waals surface area contributed by atoms with Crippen LogP contribution in [-0.2, 0) is 14.6 Å². The maximum atomic E-state index is 12.1. The van der Waals surface area contributed by atoms with Gasteiger partial charge in [-0.3, -0.25) is 14.5 Å². The summed E-state index contributed by atoms with van der Waals surface area (Å²) in [6, 6.07) is 3.12. The molecule has 0 saturated carbocycles. The largest absolute Gasteiger partial charge is 0.444 e. The summed E-state index contributed by atoms with van der Waals surface area (Å²) in [6.07, 6.45) is 1.22. The normalized spacial score (nSPS) is 16.2. The van der Waals surface area contributed by atoms with Crippen molar-refractivity contribution in [3.8, 4) is 0 Å². The fourth-order valence-corrected chi connectivity index (χ4v) is 3.20. The van der Waals surface area contributed by atoms with E-state index in [0.717, 1.165) is 0 Å². The summed E-state index contributed by atoms with van der Waals surface area (Å²) in [4.78, 5) is 27.6. The molecule has 1 aromatic rings. The Labute approximate surface area is 149 Å². The molecule has 2 rings (SSSR count). The quantitative estimate of drug-likeness (QED) is 0.691. The molecule has 1 saturated heterocycles. The number of furan rings is 1. The van der Waals surface area contributed by atoms with Gasteiger partial charge >= 0.3 is 0 Å². The van der Waals surface area contributed by atoms with E-state index in [1.54, 1.807) is 11.0 Å². The Bertz CT molecular complexity index is 695. The first kappa shape index (κ1) is 18.9.